The van der Waals surface area contributed by atoms with Gasteiger partial charge in [0.25, 0.3) is 5.91 Å². The Balaban J connectivity index is 2.03. The van der Waals surface area contributed by atoms with Gasteiger partial charge in [0.15, 0.2) is 0 Å². The lowest BCUT2D eigenvalue weighted by molar-refractivity contribution is -0.119. The molecule has 3 rings (SSSR count). The Morgan fingerprint density at radius 3 is 2.74 bits per heavy atom. The molecule has 2 N–H and O–H groups in total. The predicted octanol–water partition coefficient (Wildman–Crippen LogP) is 2.44. The second-order valence-corrected chi connectivity index (χ2v) is 5.85. The highest BCUT2D eigenvalue weighted by Gasteiger charge is 2.14. The summed E-state index contributed by atoms with van der Waals surface area (Å²) in [6.45, 7) is -0.0552. The topological polar surface area (TPSA) is 71.1 Å². The fourth-order valence-corrected chi connectivity index (χ4v) is 2.94. The summed E-state index contributed by atoms with van der Waals surface area (Å²) in [6, 6.07) is 13.2. The van der Waals surface area contributed by atoms with Gasteiger partial charge in [-0.05, 0) is 23.6 Å². The van der Waals surface area contributed by atoms with Crippen LogP contribution in [0.2, 0.25) is 0 Å². The third-order valence-electron chi connectivity index (χ3n) is 3.42. The molecule has 0 radical (unpaired) electrons. The molecule has 116 valence electrons. The van der Waals surface area contributed by atoms with Crippen LogP contribution in [0, 0.1) is 0 Å². The molecule has 0 spiro atoms. The van der Waals surface area contributed by atoms with E-state index in [1.54, 1.807) is 17.4 Å². The summed E-state index contributed by atoms with van der Waals surface area (Å²) in [5.74, 6) is -0.528. The second kappa shape index (κ2) is 6.58. The highest BCUT2D eigenvalue weighted by molar-refractivity contribution is 7.13. The molecule has 0 fully saturated rings. The molecule has 1 aromatic carbocycles. The highest BCUT2D eigenvalue weighted by atomic mass is 32.1. The zero-order valence-corrected chi connectivity index (χ0v) is 13.3. The first-order valence-electron chi connectivity index (χ1n) is 7.11. The molecule has 0 saturated carbocycles. The van der Waals surface area contributed by atoms with E-state index in [1.807, 2.05) is 41.8 Å². The Kier molecular flexibility index (Phi) is 4.34. The van der Waals surface area contributed by atoms with Gasteiger partial charge in [-0.2, -0.15) is 0 Å². The van der Waals surface area contributed by atoms with Crippen LogP contribution < -0.4 is 10.6 Å². The average Bonchev–Trinajstić information content (AvgIpc) is 3.13. The van der Waals surface area contributed by atoms with Crippen molar-refractivity contribution >= 4 is 34.1 Å². The maximum absolute atomic E-state index is 12.5. The number of nitrogens with one attached hydrogen (secondary N) is 2. The summed E-state index contributed by atoms with van der Waals surface area (Å²) in [7, 11) is 1.53. The van der Waals surface area contributed by atoms with Gasteiger partial charge in [0.2, 0.25) is 5.91 Å². The molecular formula is C17H15N3O2S. The number of aromatic nitrogens is 1. The minimum atomic E-state index is -0.287. The SMILES string of the molecule is CNC(=O)CNC(=O)c1cc(-c2cccs2)nc2ccccc12. The highest BCUT2D eigenvalue weighted by Crippen LogP contribution is 2.27. The molecule has 0 bridgehead atoms. The lowest BCUT2D eigenvalue weighted by Crippen LogP contribution is -2.35. The third-order valence-corrected chi connectivity index (χ3v) is 4.32. The first-order chi connectivity index (χ1) is 11.2. The monoisotopic (exact) mass is 325 g/mol. The Morgan fingerprint density at radius 2 is 2.00 bits per heavy atom. The van der Waals surface area contributed by atoms with E-state index in [1.165, 1.54) is 7.05 Å². The molecule has 0 aliphatic rings. The second-order valence-electron chi connectivity index (χ2n) is 4.91. The molecule has 6 heteroatoms. The quantitative estimate of drug-likeness (QED) is 0.774. The van der Waals surface area contributed by atoms with Crippen LogP contribution in [0.4, 0.5) is 0 Å². The van der Waals surface area contributed by atoms with Crippen molar-refractivity contribution < 1.29 is 9.59 Å². The van der Waals surface area contributed by atoms with Crippen molar-refractivity contribution in [2.45, 2.75) is 0 Å². The molecule has 0 aliphatic heterocycles. The molecule has 3 aromatic rings. The number of carbonyl (C=O) groups is 2. The maximum atomic E-state index is 12.5. The van der Waals surface area contributed by atoms with Crippen molar-refractivity contribution in [1.29, 1.82) is 0 Å². The number of pyridine rings is 1. The molecule has 2 amide bonds. The largest absolute Gasteiger partial charge is 0.358 e. The van der Waals surface area contributed by atoms with E-state index in [0.29, 0.717) is 5.56 Å². The van der Waals surface area contributed by atoms with Gasteiger partial charge in [-0.25, -0.2) is 4.98 Å². The Morgan fingerprint density at radius 1 is 1.17 bits per heavy atom. The molecule has 2 aromatic heterocycles. The van der Waals surface area contributed by atoms with Gasteiger partial charge in [-0.3, -0.25) is 9.59 Å². The van der Waals surface area contributed by atoms with E-state index in [-0.39, 0.29) is 18.4 Å². The molecule has 5 nitrogen and oxygen atoms in total. The normalized spacial score (nSPS) is 10.5. The minimum absolute atomic E-state index is 0.0552. The zero-order valence-electron chi connectivity index (χ0n) is 12.5. The molecule has 2 heterocycles. The van der Waals surface area contributed by atoms with Crippen LogP contribution in [0.3, 0.4) is 0 Å². The molecule has 0 unspecified atom stereocenters. The van der Waals surface area contributed by atoms with Crippen LogP contribution in [0.15, 0.2) is 47.8 Å². The van der Waals surface area contributed by atoms with E-state index in [4.69, 9.17) is 0 Å². The number of carbonyl (C=O) groups excluding carboxylic acids is 2. The third kappa shape index (κ3) is 3.22. The van der Waals surface area contributed by atoms with Crippen molar-refractivity contribution in [2.75, 3.05) is 13.6 Å². The predicted molar refractivity (Wildman–Crippen MR) is 91.5 cm³/mol. The van der Waals surface area contributed by atoms with Gasteiger partial charge in [0.05, 0.1) is 28.2 Å². The number of hydrogen-bond donors (Lipinski definition) is 2. The van der Waals surface area contributed by atoms with Crippen LogP contribution in [0.25, 0.3) is 21.5 Å². The van der Waals surface area contributed by atoms with E-state index in [9.17, 15) is 9.59 Å². The standard InChI is InChI=1S/C17H15N3O2S/c1-18-16(21)10-19-17(22)12-9-14(15-7-4-8-23-15)20-13-6-3-2-5-11(12)13/h2-9H,10H2,1H3,(H,18,21)(H,19,22). The molecule has 0 aliphatic carbocycles. The van der Waals surface area contributed by atoms with Gasteiger partial charge in [0, 0.05) is 12.4 Å². The number of para-hydroxylation sites is 1. The van der Waals surface area contributed by atoms with Crippen LogP contribution in [0.1, 0.15) is 10.4 Å². The van der Waals surface area contributed by atoms with Crippen LogP contribution in [-0.4, -0.2) is 30.4 Å². The van der Waals surface area contributed by atoms with Crippen LogP contribution >= 0.6 is 11.3 Å². The number of likely N-dealkylation sites (N-methyl/N-ethyl adjacent to an activating group) is 1. The van der Waals surface area contributed by atoms with Crippen molar-refractivity contribution in [2.24, 2.45) is 0 Å². The van der Waals surface area contributed by atoms with Crippen molar-refractivity contribution in [3.05, 3.63) is 53.4 Å². The lowest BCUT2D eigenvalue weighted by atomic mass is 10.1. The Bertz CT molecular complexity index is 859. The number of rotatable bonds is 4. The van der Waals surface area contributed by atoms with E-state index in [2.05, 4.69) is 15.6 Å². The Hall–Kier alpha value is -2.73. The van der Waals surface area contributed by atoms with Crippen LogP contribution in [0.5, 0.6) is 0 Å². The van der Waals surface area contributed by atoms with Crippen molar-refractivity contribution in [3.8, 4) is 10.6 Å². The van der Waals surface area contributed by atoms with E-state index in [0.717, 1.165) is 21.5 Å². The zero-order chi connectivity index (χ0) is 16.2. The number of benzene rings is 1. The summed E-state index contributed by atoms with van der Waals surface area (Å²) >= 11 is 1.57. The Labute approximate surface area is 137 Å². The average molecular weight is 325 g/mol. The summed E-state index contributed by atoms with van der Waals surface area (Å²) in [6.07, 6.45) is 0. The number of thiophene rings is 1. The van der Waals surface area contributed by atoms with Gasteiger partial charge in [0.1, 0.15) is 0 Å². The van der Waals surface area contributed by atoms with Gasteiger partial charge < -0.3 is 10.6 Å². The summed E-state index contributed by atoms with van der Waals surface area (Å²) < 4.78 is 0. The minimum Gasteiger partial charge on any atom is -0.358 e. The van der Waals surface area contributed by atoms with E-state index < -0.39 is 0 Å². The fourth-order valence-electron chi connectivity index (χ4n) is 2.26. The summed E-state index contributed by atoms with van der Waals surface area (Å²) in [5.41, 5.74) is 2.02. The molecule has 0 saturated heterocycles. The number of fused-ring (bicyclic) bond motifs is 1. The number of amides is 2. The summed E-state index contributed by atoms with van der Waals surface area (Å²) in [4.78, 5) is 29.4. The maximum Gasteiger partial charge on any atom is 0.252 e. The molecular weight excluding hydrogens is 310 g/mol. The van der Waals surface area contributed by atoms with Crippen molar-refractivity contribution in [1.82, 2.24) is 15.6 Å². The molecule has 0 atom stereocenters. The van der Waals surface area contributed by atoms with Crippen molar-refractivity contribution in [3.63, 3.8) is 0 Å². The fraction of sp³-hybridized carbons (Fsp3) is 0.118. The number of nitrogens with zero attached hydrogens (tertiary/aromatic N) is 1. The van der Waals surface area contributed by atoms with Gasteiger partial charge in [-0.15, -0.1) is 11.3 Å². The first-order valence-corrected chi connectivity index (χ1v) is 7.99. The molecule has 23 heavy (non-hydrogen) atoms. The van der Waals surface area contributed by atoms with Gasteiger partial charge in [-0.1, -0.05) is 24.3 Å². The summed E-state index contributed by atoms with van der Waals surface area (Å²) in [5, 5.41) is 7.85. The number of hydrogen-bond acceptors (Lipinski definition) is 4. The van der Waals surface area contributed by atoms with E-state index >= 15 is 0 Å². The smallest absolute Gasteiger partial charge is 0.252 e. The lowest BCUT2D eigenvalue weighted by Gasteiger charge is -2.09. The first kappa shape index (κ1) is 15.2. The van der Waals surface area contributed by atoms with Gasteiger partial charge >= 0.3 is 0 Å². The van der Waals surface area contributed by atoms with Crippen LogP contribution in [-0.2, 0) is 4.79 Å².